The molecular formula is C5H15NO. The molecule has 7 heavy (non-hydrogen) atoms. The van der Waals surface area contributed by atoms with Gasteiger partial charge in [-0.05, 0) is 14.1 Å². The quantitative estimate of drug-likeness (QED) is 0.481. The van der Waals surface area contributed by atoms with Gasteiger partial charge in [0.1, 0.15) is 0 Å². The van der Waals surface area contributed by atoms with Crippen LogP contribution in [0.5, 0.6) is 0 Å². The molecule has 0 atom stereocenters. The van der Waals surface area contributed by atoms with Crippen LogP contribution in [0.2, 0.25) is 0 Å². The van der Waals surface area contributed by atoms with Crippen molar-refractivity contribution in [3.05, 3.63) is 0 Å². The Morgan fingerprint density at radius 2 is 1.86 bits per heavy atom. The molecule has 0 N–H and O–H groups in total. The van der Waals surface area contributed by atoms with Crippen LogP contribution in [0.3, 0.4) is 0 Å². The van der Waals surface area contributed by atoms with Crippen molar-refractivity contribution in [1.82, 2.24) is 4.90 Å². The molecule has 0 radical (unpaired) electrons. The third kappa shape index (κ3) is 10.7. The zero-order chi connectivity index (χ0) is 4.99. The van der Waals surface area contributed by atoms with Gasteiger partial charge in [0.2, 0.25) is 0 Å². The lowest BCUT2D eigenvalue weighted by atomic mass is 10.9. The Balaban J connectivity index is 0. The zero-order valence-electron chi connectivity index (χ0n) is 4.56. The molecule has 0 saturated heterocycles. The SMILES string of the molecule is C.COCN(C)C. The largest absolute Gasteiger partial charge is 0.369 e. The average molecular weight is 105 g/mol. The summed E-state index contributed by atoms with van der Waals surface area (Å²) in [4.78, 5) is 1.96. The maximum atomic E-state index is 4.73. The van der Waals surface area contributed by atoms with Gasteiger partial charge in [-0.2, -0.15) is 0 Å². The summed E-state index contributed by atoms with van der Waals surface area (Å²) in [5.74, 6) is 0. The maximum absolute atomic E-state index is 4.73. The Kier molecular flexibility index (Phi) is 8.47. The van der Waals surface area contributed by atoms with Crippen LogP contribution in [0.15, 0.2) is 0 Å². The highest BCUT2D eigenvalue weighted by atomic mass is 16.5. The highest BCUT2D eigenvalue weighted by Gasteiger charge is 1.78. The first-order chi connectivity index (χ1) is 2.77. The van der Waals surface area contributed by atoms with Crippen LogP contribution in [0.4, 0.5) is 0 Å². The van der Waals surface area contributed by atoms with E-state index in [1.807, 2.05) is 19.0 Å². The molecule has 0 fully saturated rings. The van der Waals surface area contributed by atoms with Crippen LogP contribution in [0, 0.1) is 0 Å². The molecule has 2 nitrogen and oxygen atoms in total. The summed E-state index contributed by atoms with van der Waals surface area (Å²) in [6.45, 7) is 0.708. The molecular weight excluding hydrogens is 90.1 g/mol. The summed E-state index contributed by atoms with van der Waals surface area (Å²) < 4.78 is 4.73. The predicted molar refractivity (Wildman–Crippen MR) is 32.3 cm³/mol. The number of rotatable bonds is 2. The van der Waals surface area contributed by atoms with Gasteiger partial charge in [0.15, 0.2) is 0 Å². The molecule has 0 saturated carbocycles. The molecule has 0 heterocycles. The maximum Gasteiger partial charge on any atom is 0.0981 e. The molecule has 46 valence electrons. The molecule has 0 rings (SSSR count). The van der Waals surface area contributed by atoms with Crippen molar-refractivity contribution in [2.75, 3.05) is 27.9 Å². The van der Waals surface area contributed by atoms with Gasteiger partial charge in [0.05, 0.1) is 6.73 Å². The second-order valence-corrected chi connectivity index (χ2v) is 1.50. The second-order valence-electron chi connectivity index (χ2n) is 1.50. The first kappa shape index (κ1) is 10.0. The number of methoxy groups -OCH3 is 1. The number of hydrogen-bond donors (Lipinski definition) is 0. The minimum absolute atomic E-state index is 0. The molecule has 0 aromatic carbocycles. The Labute approximate surface area is 46.1 Å². The van der Waals surface area contributed by atoms with E-state index < -0.39 is 0 Å². The molecule has 0 aromatic rings. The molecule has 0 bridgehead atoms. The summed E-state index contributed by atoms with van der Waals surface area (Å²) in [5, 5.41) is 0. The summed E-state index contributed by atoms with van der Waals surface area (Å²) >= 11 is 0. The summed E-state index contributed by atoms with van der Waals surface area (Å²) in [5.41, 5.74) is 0. The van der Waals surface area contributed by atoms with Crippen LogP contribution in [0.25, 0.3) is 0 Å². The minimum atomic E-state index is 0. The smallest absolute Gasteiger partial charge is 0.0981 e. The van der Waals surface area contributed by atoms with E-state index in [9.17, 15) is 0 Å². The summed E-state index contributed by atoms with van der Waals surface area (Å²) in [6.07, 6.45) is 0. The van der Waals surface area contributed by atoms with Gasteiger partial charge in [0.25, 0.3) is 0 Å². The molecule has 0 amide bonds. The fourth-order valence-electron chi connectivity index (χ4n) is 0.258. The number of nitrogens with zero attached hydrogens (tertiary/aromatic N) is 1. The molecule has 0 unspecified atom stereocenters. The summed E-state index contributed by atoms with van der Waals surface area (Å²) in [7, 11) is 5.60. The minimum Gasteiger partial charge on any atom is -0.369 e. The van der Waals surface area contributed by atoms with Crippen molar-refractivity contribution >= 4 is 0 Å². The molecule has 0 spiro atoms. The van der Waals surface area contributed by atoms with Crippen LogP contribution in [-0.4, -0.2) is 32.8 Å². The Hall–Kier alpha value is -0.0800. The van der Waals surface area contributed by atoms with Crippen molar-refractivity contribution < 1.29 is 4.74 Å². The normalized spacial score (nSPS) is 8.57. The van der Waals surface area contributed by atoms with Crippen molar-refractivity contribution in [2.45, 2.75) is 7.43 Å². The second kappa shape index (κ2) is 5.92. The Bertz CT molecular complexity index is 29.3. The molecule has 0 aliphatic carbocycles. The van der Waals surface area contributed by atoms with Crippen LogP contribution >= 0.6 is 0 Å². The monoisotopic (exact) mass is 105 g/mol. The Morgan fingerprint density at radius 3 is 1.86 bits per heavy atom. The van der Waals surface area contributed by atoms with Crippen molar-refractivity contribution in [2.24, 2.45) is 0 Å². The van der Waals surface area contributed by atoms with Gasteiger partial charge in [-0.25, -0.2) is 0 Å². The van der Waals surface area contributed by atoms with Gasteiger partial charge in [-0.1, -0.05) is 7.43 Å². The lowest BCUT2D eigenvalue weighted by Crippen LogP contribution is -2.13. The van der Waals surface area contributed by atoms with E-state index >= 15 is 0 Å². The number of ether oxygens (including phenoxy) is 1. The zero-order valence-corrected chi connectivity index (χ0v) is 4.56. The van der Waals surface area contributed by atoms with Crippen molar-refractivity contribution in [1.29, 1.82) is 0 Å². The lowest BCUT2D eigenvalue weighted by molar-refractivity contribution is 0.0994. The number of hydrogen-bond acceptors (Lipinski definition) is 2. The highest BCUT2D eigenvalue weighted by Crippen LogP contribution is 1.68. The van der Waals surface area contributed by atoms with E-state index in [4.69, 9.17) is 4.74 Å². The van der Waals surface area contributed by atoms with Gasteiger partial charge in [-0.15, -0.1) is 0 Å². The van der Waals surface area contributed by atoms with E-state index in [1.54, 1.807) is 7.11 Å². The predicted octanol–water partition coefficient (Wildman–Crippen LogP) is 0.788. The standard InChI is InChI=1S/C4H11NO.CH4/c1-5(2)4-6-3;/h4H2,1-3H3;1H4. The third-order valence-electron chi connectivity index (χ3n) is 0.387. The van der Waals surface area contributed by atoms with Gasteiger partial charge in [0, 0.05) is 7.11 Å². The van der Waals surface area contributed by atoms with Gasteiger partial charge < -0.3 is 4.74 Å². The molecule has 0 aromatic heterocycles. The molecule has 0 aliphatic rings. The van der Waals surface area contributed by atoms with Crippen molar-refractivity contribution in [3.8, 4) is 0 Å². The highest BCUT2D eigenvalue weighted by molar-refractivity contribution is 4.20. The molecule has 2 heteroatoms. The first-order valence-corrected chi connectivity index (χ1v) is 1.91. The van der Waals surface area contributed by atoms with Crippen LogP contribution in [-0.2, 0) is 4.74 Å². The topological polar surface area (TPSA) is 12.5 Å². The Morgan fingerprint density at radius 1 is 1.43 bits per heavy atom. The van der Waals surface area contributed by atoms with Gasteiger partial charge in [-0.3, -0.25) is 4.90 Å². The van der Waals surface area contributed by atoms with Gasteiger partial charge >= 0.3 is 0 Å². The van der Waals surface area contributed by atoms with E-state index in [1.165, 1.54) is 0 Å². The fraction of sp³-hybridized carbons (Fsp3) is 1.00. The average Bonchev–Trinajstić information content (AvgIpc) is 1.35. The van der Waals surface area contributed by atoms with E-state index in [-0.39, 0.29) is 7.43 Å². The summed E-state index contributed by atoms with van der Waals surface area (Å²) in [6, 6.07) is 0. The van der Waals surface area contributed by atoms with Crippen LogP contribution < -0.4 is 0 Å². The van der Waals surface area contributed by atoms with E-state index in [0.29, 0.717) is 6.73 Å². The van der Waals surface area contributed by atoms with Crippen LogP contribution in [0.1, 0.15) is 7.43 Å². The molecule has 0 aliphatic heterocycles. The fourth-order valence-corrected chi connectivity index (χ4v) is 0.258. The van der Waals surface area contributed by atoms with E-state index in [0.717, 1.165) is 0 Å². The van der Waals surface area contributed by atoms with Crippen molar-refractivity contribution in [3.63, 3.8) is 0 Å². The van der Waals surface area contributed by atoms with E-state index in [2.05, 4.69) is 0 Å². The first-order valence-electron chi connectivity index (χ1n) is 1.91. The third-order valence-corrected chi connectivity index (χ3v) is 0.387. The lowest BCUT2D eigenvalue weighted by Gasteiger charge is -2.04.